The minimum absolute atomic E-state index is 0. The van der Waals surface area contributed by atoms with Crippen molar-refractivity contribution in [3.63, 3.8) is 0 Å². The largest absolute Gasteiger partial charge is 0.454 e. The second kappa shape index (κ2) is 4.50. The lowest BCUT2D eigenvalue weighted by atomic mass is 10.1. The normalized spacial score (nSPS) is 14.7. The fourth-order valence-corrected chi connectivity index (χ4v) is 1.34. The van der Waals surface area contributed by atoms with Gasteiger partial charge in [0, 0.05) is 5.56 Å². The van der Waals surface area contributed by atoms with E-state index in [1.54, 1.807) is 0 Å². The number of rotatable bonds is 2. The molecule has 4 nitrogen and oxygen atoms in total. The molecule has 0 unspecified atom stereocenters. The molecule has 0 radical (unpaired) electrons. The van der Waals surface area contributed by atoms with Crippen LogP contribution in [0.1, 0.15) is 11.6 Å². The summed E-state index contributed by atoms with van der Waals surface area (Å²) in [6.45, 7) is 0.129. The first-order chi connectivity index (χ1) is 6.33. The van der Waals surface area contributed by atoms with Crippen LogP contribution in [0.4, 0.5) is 0 Å². The lowest BCUT2D eigenvalue weighted by Gasteiger charge is -2.10. The van der Waals surface area contributed by atoms with Crippen molar-refractivity contribution in [2.24, 2.45) is 5.73 Å². The second-order valence-electron chi connectivity index (χ2n) is 2.87. The number of aliphatic hydroxyl groups excluding tert-OH is 1. The van der Waals surface area contributed by atoms with E-state index in [-0.39, 0.29) is 25.8 Å². The molecule has 0 fully saturated rings. The number of fused-ring (bicyclic) bond motifs is 1. The molecule has 5 heteroatoms. The molecular formula is C9H12ClNO3. The summed E-state index contributed by atoms with van der Waals surface area (Å²) in [6, 6.07) is 5.07. The van der Waals surface area contributed by atoms with E-state index in [9.17, 15) is 0 Å². The van der Waals surface area contributed by atoms with Gasteiger partial charge in [0.15, 0.2) is 11.5 Å². The predicted octanol–water partition coefficient (Wildman–Crippen LogP) is 0.829. The first kappa shape index (κ1) is 11.1. The van der Waals surface area contributed by atoms with Crippen molar-refractivity contribution >= 4 is 12.4 Å². The topological polar surface area (TPSA) is 64.7 Å². The van der Waals surface area contributed by atoms with Gasteiger partial charge in [-0.2, -0.15) is 0 Å². The van der Waals surface area contributed by atoms with E-state index in [0.717, 1.165) is 5.56 Å². The monoisotopic (exact) mass is 217 g/mol. The molecule has 14 heavy (non-hydrogen) atoms. The molecule has 0 saturated heterocycles. The van der Waals surface area contributed by atoms with E-state index in [1.807, 2.05) is 18.2 Å². The average Bonchev–Trinajstić information content (AvgIpc) is 2.63. The first-order valence-electron chi connectivity index (χ1n) is 4.08. The van der Waals surface area contributed by atoms with Crippen LogP contribution in [0.15, 0.2) is 18.2 Å². The number of halogens is 1. The smallest absolute Gasteiger partial charge is 0.231 e. The highest BCUT2D eigenvalue weighted by Gasteiger charge is 2.20. The lowest BCUT2D eigenvalue weighted by molar-refractivity contribution is 0.172. The Morgan fingerprint density at radius 2 is 2.21 bits per heavy atom. The van der Waals surface area contributed by atoms with Gasteiger partial charge < -0.3 is 20.3 Å². The first-order valence-corrected chi connectivity index (χ1v) is 4.08. The molecule has 1 aromatic rings. The van der Waals surface area contributed by atoms with Gasteiger partial charge in [-0.1, -0.05) is 12.1 Å². The van der Waals surface area contributed by atoms with Crippen molar-refractivity contribution in [3.8, 4) is 11.5 Å². The summed E-state index contributed by atoms with van der Waals surface area (Å²) in [7, 11) is 0. The summed E-state index contributed by atoms with van der Waals surface area (Å²) in [4.78, 5) is 0. The Morgan fingerprint density at radius 3 is 2.93 bits per heavy atom. The Balaban J connectivity index is 0.000000980. The molecule has 1 aromatic carbocycles. The average molecular weight is 218 g/mol. The molecule has 1 atom stereocenters. The van der Waals surface area contributed by atoms with E-state index >= 15 is 0 Å². The van der Waals surface area contributed by atoms with Crippen LogP contribution in [0.2, 0.25) is 0 Å². The number of hydrogen-bond acceptors (Lipinski definition) is 4. The van der Waals surface area contributed by atoms with Crippen LogP contribution < -0.4 is 15.2 Å². The van der Waals surface area contributed by atoms with Crippen molar-refractivity contribution in [1.82, 2.24) is 0 Å². The molecule has 1 aliphatic rings. The summed E-state index contributed by atoms with van der Waals surface area (Å²) in [5.41, 5.74) is 6.47. The number of ether oxygens (including phenoxy) is 2. The van der Waals surface area contributed by atoms with Crippen LogP contribution in [-0.4, -0.2) is 18.5 Å². The zero-order valence-electron chi connectivity index (χ0n) is 7.47. The summed E-state index contributed by atoms with van der Waals surface area (Å²) < 4.78 is 10.4. The second-order valence-corrected chi connectivity index (χ2v) is 2.87. The van der Waals surface area contributed by atoms with E-state index in [2.05, 4.69) is 0 Å². The Morgan fingerprint density at radius 1 is 1.43 bits per heavy atom. The van der Waals surface area contributed by atoms with E-state index in [1.165, 1.54) is 0 Å². The number of hydrogen-bond donors (Lipinski definition) is 2. The standard InChI is InChI=1S/C9H11NO3.ClH/c10-7(4-11)6-2-1-3-8-9(6)13-5-12-8;/h1-3,7,11H,4-5,10H2;1H/t7-;/m1./s1. The molecule has 0 spiro atoms. The third-order valence-corrected chi connectivity index (χ3v) is 2.02. The third kappa shape index (κ3) is 1.77. The molecule has 0 aliphatic carbocycles. The van der Waals surface area contributed by atoms with E-state index in [4.69, 9.17) is 20.3 Å². The quantitative estimate of drug-likeness (QED) is 0.770. The fraction of sp³-hybridized carbons (Fsp3) is 0.333. The van der Waals surface area contributed by atoms with Crippen molar-refractivity contribution in [1.29, 1.82) is 0 Å². The van der Waals surface area contributed by atoms with Gasteiger partial charge in [0.25, 0.3) is 0 Å². The van der Waals surface area contributed by atoms with E-state index in [0.29, 0.717) is 11.5 Å². The van der Waals surface area contributed by atoms with Gasteiger partial charge in [0.2, 0.25) is 6.79 Å². The molecule has 78 valence electrons. The maximum Gasteiger partial charge on any atom is 0.231 e. The predicted molar refractivity (Wildman–Crippen MR) is 53.8 cm³/mol. The Kier molecular flexibility index (Phi) is 3.57. The molecule has 1 aliphatic heterocycles. The van der Waals surface area contributed by atoms with Crippen LogP contribution in [0, 0.1) is 0 Å². The zero-order chi connectivity index (χ0) is 9.26. The van der Waals surface area contributed by atoms with Crippen molar-refractivity contribution in [2.75, 3.05) is 13.4 Å². The Hall–Kier alpha value is -0.970. The van der Waals surface area contributed by atoms with E-state index < -0.39 is 6.04 Å². The lowest BCUT2D eigenvalue weighted by Crippen LogP contribution is -2.14. The number of aliphatic hydroxyl groups is 1. The van der Waals surface area contributed by atoms with Gasteiger partial charge in [0.1, 0.15) is 0 Å². The minimum atomic E-state index is -0.406. The minimum Gasteiger partial charge on any atom is -0.454 e. The number of benzene rings is 1. The highest BCUT2D eigenvalue weighted by Crippen LogP contribution is 2.37. The highest BCUT2D eigenvalue weighted by molar-refractivity contribution is 5.85. The van der Waals surface area contributed by atoms with Crippen molar-refractivity contribution < 1.29 is 14.6 Å². The molecule has 3 N–H and O–H groups in total. The van der Waals surface area contributed by atoms with Crippen LogP contribution in [0.5, 0.6) is 11.5 Å². The van der Waals surface area contributed by atoms with Crippen LogP contribution in [0.25, 0.3) is 0 Å². The number of para-hydroxylation sites is 1. The highest BCUT2D eigenvalue weighted by atomic mass is 35.5. The van der Waals surface area contributed by atoms with Gasteiger partial charge in [-0.25, -0.2) is 0 Å². The Labute approximate surface area is 88.0 Å². The van der Waals surface area contributed by atoms with Gasteiger partial charge in [0.05, 0.1) is 12.6 Å². The van der Waals surface area contributed by atoms with Gasteiger partial charge >= 0.3 is 0 Å². The molecule has 2 rings (SSSR count). The summed E-state index contributed by atoms with van der Waals surface area (Å²) in [5, 5.41) is 8.90. The molecule has 1 heterocycles. The van der Waals surface area contributed by atoms with Crippen LogP contribution in [-0.2, 0) is 0 Å². The third-order valence-electron chi connectivity index (χ3n) is 2.02. The SMILES string of the molecule is Cl.N[C@H](CO)c1cccc2c1OCO2. The van der Waals surface area contributed by atoms with Crippen molar-refractivity contribution in [2.45, 2.75) is 6.04 Å². The van der Waals surface area contributed by atoms with Crippen molar-refractivity contribution in [3.05, 3.63) is 23.8 Å². The molecule has 0 amide bonds. The molecule has 0 bridgehead atoms. The van der Waals surface area contributed by atoms with Gasteiger partial charge in [-0.15, -0.1) is 12.4 Å². The molecule has 0 saturated carbocycles. The maximum atomic E-state index is 8.90. The maximum absolute atomic E-state index is 8.90. The van der Waals surface area contributed by atoms with Gasteiger partial charge in [-0.3, -0.25) is 0 Å². The van der Waals surface area contributed by atoms with Crippen LogP contribution in [0.3, 0.4) is 0 Å². The van der Waals surface area contributed by atoms with Gasteiger partial charge in [-0.05, 0) is 6.07 Å². The summed E-state index contributed by atoms with van der Waals surface area (Å²) in [5.74, 6) is 1.35. The Bertz CT molecular complexity index is 319. The molecule has 0 aromatic heterocycles. The zero-order valence-corrected chi connectivity index (χ0v) is 8.29. The van der Waals surface area contributed by atoms with Crippen LogP contribution >= 0.6 is 12.4 Å². The summed E-state index contributed by atoms with van der Waals surface area (Å²) >= 11 is 0. The number of nitrogens with two attached hydrogens (primary N) is 1. The molecular weight excluding hydrogens is 206 g/mol. The summed E-state index contributed by atoms with van der Waals surface area (Å²) in [6.07, 6.45) is 0. The fourth-order valence-electron chi connectivity index (χ4n) is 1.34.